The highest BCUT2D eigenvalue weighted by molar-refractivity contribution is 6.30. The molecule has 0 aliphatic heterocycles. The fraction of sp³-hybridized carbons (Fsp3) is 0. The van der Waals surface area contributed by atoms with Crippen molar-refractivity contribution < 1.29 is 0 Å². The summed E-state index contributed by atoms with van der Waals surface area (Å²) in [5, 5.41) is 5.95. The van der Waals surface area contributed by atoms with Crippen molar-refractivity contribution >= 4 is 54.5 Å². The lowest BCUT2D eigenvalue weighted by molar-refractivity contribution is 1.16. The molecule has 4 nitrogen and oxygen atoms in total. The van der Waals surface area contributed by atoms with Gasteiger partial charge < -0.3 is 9.13 Å². The quantitative estimate of drug-likeness (QED) is 0.225. The van der Waals surface area contributed by atoms with E-state index in [1.807, 2.05) is 18.3 Å². The number of hydrogen-bond acceptors (Lipinski definition) is 2. The van der Waals surface area contributed by atoms with Gasteiger partial charge in [0.1, 0.15) is 0 Å². The van der Waals surface area contributed by atoms with Gasteiger partial charge in [-0.3, -0.25) is 0 Å². The Balaban J connectivity index is 1.48. The minimum Gasteiger partial charge on any atom is -0.309 e. The van der Waals surface area contributed by atoms with E-state index >= 15 is 0 Å². The van der Waals surface area contributed by atoms with E-state index in [0.29, 0.717) is 0 Å². The van der Waals surface area contributed by atoms with Gasteiger partial charge in [-0.2, -0.15) is 0 Å². The van der Waals surface area contributed by atoms with Crippen molar-refractivity contribution in [3.63, 3.8) is 0 Å². The van der Waals surface area contributed by atoms with Crippen LogP contribution in [-0.4, -0.2) is 19.1 Å². The van der Waals surface area contributed by atoms with Gasteiger partial charge in [0, 0.05) is 50.1 Å². The summed E-state index contributed by atoms with van der Waals surface area (Å²) in [5.74, 6) is 0.724. The highest BCUT2D eigenvalue weighted by atomic mass is 15.0. The Kier molecular flexibility index (Phi) is 4.87. The first-order valence-electron chi connectivity index (χ1n) is 14.2. The molecule has 4 heteroatoms. The minimum absolute atomic E-state index is 0.724. The maximum Gasteiger partial charge on any atom is 0.161 e. The number of aromatic nitrogens is 4. The number of benzene rings is 6. The number of rotatable bonds is 3. The van der Waals surface area contributed by atoms with Gasteiger partial charge in [0.25, 0.3) is 0 Å². The summed E-state index contributed by atoms with van der Waals surface area (Å²) in [5.41, 5.74) is 8.87. The second kappa shape index (κ2) is 8.88. The second-order valence-corrected chi connectivity index (χ2v) is 10.7. The molecule has 0 unspecified atom stereocenters. The van der Waals surface area contributed by atoms with Crippen LogP contribution in [0.3, 0.4) is 0 Å². The molecule has 42 heavy (non-hydrogen) atoms. The molecule has 0 aliphatic rings. The molecule has 3 heterocycles. The standard InChI is InChI=1S/C38H24N4/c1-3-13-26(14-4-1)41-32-21-10-8-17-28(32)35-33(41)22-23-34-36(35)29-18-11-19-30(37(29)42(34)27-15-5-2-6-16-27)38-39-24-25-12-7-9-20-31(25)40-38/h1-24H. The van der Waals surface area contributed by atoms with E-state index in [4.69, 9.17) is 9.97 Å². The van der Waals surface area contributed by atoms with Gasteiger partial charge in [-0.15, -0.1) is 0 Å². The molecule has 0 radical (unpaired) electrons. The molecule has 0 N–H and O–H groups in total. The summed E-state index contributed by atoms with van der Waals surface area (Å²) < 4.78 is 4.76. The van der Waals surface area contributed by atoms with E-state index in [9.17, 15) is 0 Å². The molecule has 0 bridgehead atoms. The van der Waals surface area contributed by atoms with Crippen molar-refractivity contribution in [3.05, 3.63) is 146 Å². The zero-order valence-electron chi connectivity index (χ0n) is 22.6. The monoisotopic (exact) mass is 536 g/mol. The zero-order valence-corrected chi connectivity index (χ0v) is 22.6. The highest BCUT2D eigenvalue weighted by Crippen LogP contribution is 2.44. The molecule has 9 rings (SSSR count). The predicted molar refractivity (Wildman–Crippen MR) is 174 cm³/mol. The number of hydrogen-bond donors (Lipinski definition) is 0. The number of fused-ring (bicyclic) bond motifs is 8. The maximum atomic E-state index is 5.03. The van der Waals surface area contributed by atoms with Crippen molar-refractivity contribution in [1.29, 1.82) is 0 Å². The van der Waals surface area contributed by atoms with Crippen LogP contribution in [0.4, 0.5) is 0 Å². The lowest BCUT2D eigenvalue weighted by Gasteiger charge is -2.11. The first kappa shape index (κ1) is 23.0. The van der Waals surface area contributed by atoms with Gasteiger partial charge in [-0.05, 0) is 54.6 Å². The van der Waals surface area contributed by atoms with Crippen LogP contribution in [0, 0.1) is 0 Å². The third kappa shape index (κ3) is 3.23. The number of para-hydroxylation sites is 5. The maximum absolute atomic E-state index is 5.03. The largest absolute Gasteiger partial charge is 0.309 e. The van der Waals surface area contributed by atoms with Gasteiger partial charge in [0.05, 0.1) is 27.6 Å². The lowest BCUT2D eigenvalue weighted by Crippen LogP contribution is -1.97. The Labute approximate surface area is 241 Å². The smallest absolute Gasteiger partial charge is 0.161 e. The van der Waals surface area contributed by atoms with Crippen LogP contribution >= 0.6 is 0 Å². The van der Waals surface area contributed by atoms with Crippen molar-refractivity contribution in [2.75, 3.05) is 0 Å². The summed E-state index contributed by atoms with van der Waals surface area (Å²) in [7, 11) is 0. The van der Waals surface area contributed by atoms with Gasteiger partial charge >= 0.3 is 0 Å². The summed E-state index contributed by atoms with van der Waals surface area (Å²) in [4.78, 5) is 9.89. The van der Waals surface area contributed by atoms with E-state index in [-0.39, 0.29) is 0 Å². The van der Waals surface area contributed by atoms with Crippen LogP contribution in [0.2, 0.25) is 0 Å². The molecule has 0 spiro atoms. The molecule has 0 saturated heterocycles. The van der Waals surface area contributed by atoms with Gasteiger partial charge in [-0.25, -0.2) is 9.97 Å². The molecular formula is C38H24N4. The molecule has 0 fully saturated rings. The summed E-state index contributed by atoms with van der Waals surface area (Å²) in [6.07, 6.45) is 1.93. The average molecular weight is 537 g/mol. The van der Waals surface area contributed by atoms with E-state index in [1.165, 1.54) is 32.6 Å². The first-order chi connectivity index (χ1) is 20.9. The van der Waals surface area contributed by atoms with Crippen LogP contribution in [0.1, 0.15) is 0 Å². The fourth-order valence-electron chi connectivity index (χ4n) is 6.60. The summed E-state index contributed by atoms with van der Waals surface area (Å²) in [6.45, 7) is 0. The molecule has 196 valence electrons. The average Bonchev–Trinajstić information content (AvgIpc) is 3.58. The third-order valence-corrected chi connectivity index (χ3v) is 8.35. The molecular weight excluding hydrogens is 512 g/mol. The lowest BCUT2D eigenvalue weighted by atomic mass is 10.0. The summed E-state index contributed by atoms with van der Waals surface area (Å²) in [6, 6.07) is 49.2. The Morgan fingerprint density at radius 3 is 1.88 bits per heavy atom. The highest BCUT2D eigenvalue weighted by Gasteiger charge is 2.22. The van der Waals surface area contributed by atoms with Crippen molar-refractivity contribution in [1.82, 2.24) is 19.1 Å². The van der Waals surface area contributed by atoms with Crippen LogP contribution in [0.15, 0.2) is 146 Å². The molecule has 3 aromatic heterocycles. The number of nitrogens with zero attached hydrogens (tertiary/aromatic N) is 4. The fourth-order valence-corrected chi connectivity index (χ4v) is 6.60. The van der Waals surface area contributed by atoms with Gasteiger partial charge in [0.15, 0.2) is 5.82 Å². The Bertz CT molecular complexity index is 2450. The van der Waals surface area contributed by atoms with Crippen molar-refractivity contribution in [2.24, 2.45) is 0 Å². The molecule has 0 atom stereocenters. The van der Waals surface area contributed by atoms with E-state index < -0.39 is 0 Å². The molecule has 0 amide bonds. The Morgan fingerprint density at radius 1 is 0.452 bits per heavy atom. The normalized spacial score (nSPS) is 11.8. The molecule has 9 aromatic rings. The van der Waals surface area contributed by atoms with E-state index in [2.05, 4.69) is 137 Å². The summed E-state index contributed by atoms with van der Waals surface area (Å²) >= 11 is 0. The third-order valence-electron chi connectivity index (χ3n) is 8.35. The van der Waals surface area contributed by atoms with Crippen LogP contribution in [0.25, 0.3) is 77.3 Å². The zero-order chi connectivity index (χ0) is 27.6. The van der Waals surface area contributed by atoms with E-state index in [1.54, 1.807) is 0 Å². The predicted octanol–water partition coefficient (Wildman–Crippen LogP) is 9.49. The van der Waals surface area contributed by atoms with Crippen LogP contribution < -0.4 is 0 Å². The first-order valence-corrected chi connectivity index (χ1v) is 14.2. The van der Waals surface area contributed by atoms with Gasteiger partial charge in [0.2, 0.25) is 0 Å². The minimum atomic E-state index is 0.724. The Hall–Kier alpha value is -5.74. The van der Waals surface area contributed by atoms with Gasteiger partial charge in [-0.1, -0.05) is 84.9 Å². The SMILES string of the molecule is c1ccc(-n2c3ccccc3c3c4c5cccc(-c6ncc7ccccc7n6)c5n(-c5ccccc5)c4ccc32)cc1. The topological polar surface area (TPSA) is 35.6 Å². The second-order valence-electron chi connectivity index (χ2n) is 10.7. The van der Waals surface area contributed by atoms with Crippen LogP contribution in [0.5, 0.6) is 0 Å². The molecule has 6 aromatic carbocycles. The van der Waals surface area contributed by atoms with Crippen molar-refractivity contribution in [2.45, 2.75) is 0 Å². The van der Waals surface area contributed by atoms with Crippen molar-refractivity contribution in [3.8, 4) is 22.8 Å². The van der Waals surface area contributed by atoms with E-state index in [0.717, 1.165) is 44.7 Å². The van der Waals surface area contributed by atoms with Crippen LogP contribution in [-0.2, 0) is 0 Å². The Morgan fingerprint density at radius 2 is 1.07 bits per heavy atom. The molecule has 0 saturated carbocycles. The molecule has 0 aliphatic carbocycles.